The largest absolute Gasteiger partial charge is 0.468 e. The molecule has 144 valence electrons. The van der Waals surface area contributed by atoms with Gasteiger partial charge in [0, 0.05) is 11.8 Å². The van der Waals surface area contributed by atoms with E-state index in [2.05, 4.69) is 17.9 Å². The minimum atomic E-state index is -1.29. The van der Waals surface area contributed by atoms with E-state index in [1.165, 1.54) is 7.11 Å². The first kappa shape index (κ1) is 17.8. The van der Waals surface area contributed by atoms with Crippen LogP contribution in [-0.4, -0.2) is 41.0 Å². The molecule has 4 atom stereocenters. The number of fused-ring (bicyclic) bond motifs is 1. The van der Waals surface area contributed by atoms with Crippen molar-refractivity contribution in [2.45, 2.75) is 49.1 Å². The molecule has 6 heteroatoms. The molecule has 1 saturated heterocycles. The number of hydrogen-bond donors (Lipinski definition) is 0. The van der Waals surface area contributed by atoms with Crippen molar-refractivity contribution in [3.05, 3.63) is 46.6 Å². The fourth-order valence-electron chi connectivity index (χ4n) is 6.30. The van der Waals surface area contributed by atoms with Gasteiger partial charge in [-0.25, -0.2) is 0 Å². The summed E-state index contributed by atoms with van der Waals surface area (Å²) in [6.07, 6.45) is 5.22. The average molecular weight is 396 g/mol. The smallest absolute Gasteiger partial charge is 0.329 e. The average Bonchev–Trinajstić information content (AvgIpc) is 3.19. The van der Waals surface area contributed by atoms with Crippen LogP contribution in [0.1, 0.15) is 32.6 Å². The zero-order valence-corrected chi connectivity index (χ0v) is 16.8. The summed E-state index contributed by atoms with van der Waals surface area (Å²) in [5.74, 6) is -0.431. The molecule has 2 fully saturated rings. The minimum Gasteiger partial charge on any atom is -0.468 e. The number of rotatable bonds is 2. The van der Waals surface area contributed by atoms with Gasteiger partial charge in [-0.3, -0.25) is 9.79 Å². The SMILES string of the molecule is CC[C@@]12CCCN3C(C#N)=CC4=c5ccccc5=NC4([C@@H]31)[C@@](Cl)(C(=O)OC)C2. The van der Waals surface area contributed by atoms with Crippen molar-refractivity contribution in [2.75, 3.05) is 13.7 Å². The maximum atomic E-state index is 13.1. The molecule has 0 radical (unpaired) electrons. The zero-order valence-electron chi connectivity index (χ0n) is 16.0. The van der Waals surface area contributed by atoms with Gasteiger partial charge in [0.05, 0.1) is 18.5 Å². The lowest BCUT2D eigenvalue weighted by Gasteiger charge is -2.54. The van der Waals surface area contributed by atoms with Crippen LogP contribution in [-0.2, 0) is 9.53 Å². The van der Waals surface area contributed by atoms with Crippen LogP contribution >= 0.6 is 11.6 Å². The predicted octanol–water partition coefficient (Wildman–Crippen LogP) is 2.05. The number of nitrogens with zero attached hydrogens (tertiary/aromatic N) is 3. The fraction of sp³-hybridized carbons (Fsp3) is 0.500. The van der Waals surface area contributed by atoms with Gasteiger partial charge in [0.2, 0.25) is 0 Å². The molecule has 1 saturated carbocycles. The number of esters is 1. The Labute approximate surface area is 168 Å². The number of nitriles is 1. The summed E-state index contributed by atoms with van der Waals surface area (Å²) in [7, 11) is 1.39. The summed E-state index contributed by atoms with van der Waals surface area (Å²) < 4.78 is 5.23. The molecule has 5 nitrogen and oxygen atoms in total. The van der Waals surface area contributed by atoms with Gasteiger partial charge in [-0.2, -0.15) is 5.26 Å². The van der Waals surface area contributed by atoms with Crippen molar-refractivity contribution in [1.29, 1.82) is 5.26 Å². The zero-order chi connectivity index (χ0) is 19.7. The first-order chi connectivity index (χ1) is 13.5. The Balaban J connectivity index is 1.94. The number of para-hydroxylation sites is 1. The Morgan fingerprint density at radius 3 is 2.96 bits per heavy atom. The highest BCUT2D eigenvalue weighted by atomic mass is 35.5. The number of benzene rings is 1. The van der Waals surface area contributed by atoms with E-state index in [4.69, 9.17) is 21.3 Å². The van der Waals surface area contributed by atoms with Gasteiger partial charge in [-0.1, -0.05) is 25.1 Å². The van der Waals surface area contributed by atoms with Gasteiger partial charge in [0.15, 0.2) is 4.87 Å². The topological polar surface area (TPSA) is 65.7 Å². The highest BCUT2D eigenvalue weighted by molar-refractivity contribution is 6.37. The molecule has 4 aliphatic rings. The van der Waals surface area contributed by atoms with E-state index >= 15 is 0 Å². The number of halogens is 1. The van der Waals surface area contributed by atoms with Gasteiger partial charge in [-0.15, -0.1) is 11.6 Å². The molecular weight excluding hydrogens is 374 g/mol. The lowest BCUT2D eigenvalue weighted by Crippen LogP contribution is -2.64. The molecule has 3 aliphatic heterocycles. The summed E-state index contributed by atoms with van der Waals surface area (Å²) in [6, 6.07) is 10.1. The second kappa shape index (κ2) is 5.61. The van der Waals surface area contributed by atoms with Crippen LogP contribution < -0.4 is 10.6 Å². The van der Waals surface area contributed by atoms with Crippen molar-refractivity contribution >= 4 is 23.1 Å². The van der Waals surface area contributed by atoms with Crippen LogP contribution in [0, 0.1) is 16.7 Å². The Bertz CT molecular complexity index is 1090. The Hall–Kier alpha value is -2.32. The van der Waals surface area contributed by atoms with Crippen LogP contribution in [0.15, 0.2) is 41.0 Å². The number of carbonyl (C=O) groups is 1. The van der Waals surface area contributed by atoms with Crippen molar-refractivity contribution in [3.8, 4) is 6.07 Å². The third kappa shape index (κ3) is 1.78. The van der Waals surface area contributed by atoms with Crippen LogP contribution in [0.2, 0.25) is 0 Å². The van der Waals surface area contributed by atoms with E-state index < -0.39 is 16.4 Å². The molecule has 3 heterocycles. The number of ether oxygens (including phenoxy) is 1. The molecular formula is C22H22ClN3O2. The van der Waals surface area contributed by atoms with Crippen molar-refractivity contribution in [2.24, 2.45) is 10.4 Å². The predicted molar refractivity (Wildman–Crippen MR) is 105 cm³/mol. The number of hydrogen-bond acceptors (Lipinski definition) is 5. The van der Waals surface area contributed by atoms with Crippen LogP contribution in [0.3, 0.4) is 0 Å². The summed E-state index contributed by atoms with van der Waals surface area (Å²) in [6.45, 7) is 2.93. The quantitative estimate of drug-likeness (QED) is 0.567. The summed E-state index contributed by atoms with van der Waals surface area (Å²) >= 11 is 7.27. The first-order valence-corrected chi connectivity index (χ1v) is 10.2. The number of piperidine rings is 1. The Kier molecular flexibility index (Phi) is 3.56. The van der Waals surface area contributed by atoms with E-state index in [9.17, 15) is 10.1 Å². The van der Waals surface area contributed by atoms with E-state index in [1.54, 1.807) is 0 Å². The number of carbonyl (C=O) groups excluding carboxylic acids is 1. The van der Waals surface area contributed by atoms with Crippen LogP contribution in [0.5, 0.6) is 0 Å². The molecule has 1 aromatic rings. The van der Waals surface area contributed by atoms with Gasteiger partial charge >= 0.3 is 5.97 Å². The lowest BCUT2D eigenvalue weighted by molar-refractivity contribution is -0.145. The highest BCUT2D eigenvalue weighted by Gasteiger charge is 2.77. The molecule has 1 unspecified atom stereocenters. The fourth-order valence-corrected chi connectivity index (χ4v) is 6.89. The summed E-state index contributed by atoms with van der Waals surface area (Å²) in [5.41, 5.74) is 0.396. The molecule has 1 spiro atoms. The van der Waals surface area contributed by atoms with Gasteiger partial charge in [0.25, 0.3) is 0 Å². The van der Waals surface area contributed by atoms with Gasteiger partial charge < -0.3 is 9.64 Å². The number of allylic oxidation sites excluding steroid dienone is 1. The normalized spacial score (nSPS) is 37.2. The van der Waals surface area contributed by atoms with Gasteiger partial charge in [-0.05, 0) is 48.8 Å². The molecule has 5 rings (SSSR count). The Morgan fingerprint density at radius 2 is 2.25 bits per heavy atom. The standard InChI is InChI=1S/C22H22ClN3O2/c1-3-20-9-6-10-26-14(12-24)11-16-15-7-4-5-8-17(15)25-22(16,18(20)26)21(23,13-20)19(27)28-2/h4-5,7-8,11,18H,3,6,9-10,13H2,1-2H3/t18-,20-,21-,22?/m0/s1. The van der Waals surface area contributed by atoms with Crippen molar-refractivity contribution in [1.82, 2.24) is 4.90 Å². The highest BCUT2D eigenvalue weighted by Crippen LogP contribution is 2.67. The molecule has 0 bridgehead atoms. The summed E-state index contributed by atoms with van der Waals surface area (Å²) in [4.78, 5) is 19.2. The Morgan fingerprint density at radius 1 is 1.46 bits per heavy atom. The molecule has 0 amide bonds. The van der Waals surface area contributed by atoms with E-state index in [0.29, 0.717) is 12.1 Å². The lowest BCUT2D eigenvalue weighted by atomic mass is 9.66. The molecule has 0 N–H and O–H groups in total. The van der Waals surface area contributed by atoms with Gasteiger partial charge in [0.1, 0.15) is 17.3 Å². The van der Waals surface area contributed by atoms with Crippen LogP contribution in [0.4, 0.5) is 0 Å². The van der Waals surface area contributed by atoms with E-state index in [0.717, 1.165) is 42.0 Å². The molecule has 0 aromatic heterocycles. The summed E-state index contributed by atoms with van der Waals surface area (Å²) in [5, 5.41) is 11.7. The van der Waals surface area contributed by atoms with E-state index in [-0.39, 0.29) is 11.5 Å². The molecule has 28 heavy (non-hydrogen) atoms. The molecule has 1 aromatic carbocycles. The molecule has 1 aliphatic carbocycles. The van der Waals surface area contributed by atoms with E-state index in [1.807, 2.05) is 30.3 Å². The monoisotopic (exact) mass is 395 g/mol. The first-order valence-electron chi connectivity index (χ1n) is 9.83. The second-order valence-corrected chi connectivity index (χ2v) is 8.98. The third-order valence-corrected chi connectivity index (χ3v) is 7.96. The van der Waals surface area contributed by atoms with Crippen LogP contribution in [0.25, 0.3) is 5.57 Å². The maximum absolute atomic E-state index is 13.1. The third-order valence-electron chi connectivity index (χ3n) is 7.38. The van der Waals surface area contributed by atoms with Crippen molar-refractivity contribution in [3.63, 3.8) is 0 Å². The van der Waals surface area contributed by atoms with Crippen molar-refractivity contribution < 1.29 is 9.53 Å². The minimum absolute atomic E-state index is 0.127. The maximum Gasteiger partial charge on any atom is 0.329 e. The second-order valence-electron chi connectivity index (χ2n) is 8.34. The number of methoxy groups -OCH3 is 1. The number of alkyl halides is 1.